The Labute approximate surface area is 103 Å². The number of carbonyl (C=O) groups is 1. The number of hydrogen-bond donors (Lipinski definition) is 1. The lowest BCUT2D eigenvalue weighted by atomic mass is 10.3. The van der Waals surface area contributed by atoms with Crippen LogP contribution in [0.5, 0.6) is 5.75 Å². The van der Waals surface area contributed by atoms with Crippen LogP contribution >= 0.6 is 11.6 Å². The predicted molar refractivity (Wildman–Crippen MR) is 64.6 cm³/mol. The molecule has 88 valence electrons. The van der Waals surface area contributed by atoms with E-state index in [0.717, 1.165) is 0 Å². The van der Waals surface area contributed by atoms with Crippen molar-refractivity contribution in [2.75, 3.05) is 12.4 Å². The minimum atomic E-state index is -0.336. The van der Waals surface area contributed by atoms with E-state index in [1.807, 2.05) is 0 Å². The molecule has 17 heavy (non-hydrogen) atoms. The van der Waals surface area contributed by atoms with Crippen LogP contribution in [0.15, 0.2) is 36.9 Å². The van der Waals surface area contributed by atoms with E-state index in [1.165, 1.54) is 17.1 Å². The van der Waals surface area contributed by atoms with Crippen LogP contribution in [0.4, 0.5) is 10.5 Å². The SMILES string of the molecule is COc1ccc(Cl)c(NC(=O)n2ccnc2)c1. The second-order valence-corrected chi connectivity index (χ2v) is 3.65. The van der Waals surface area contributed by atoms with Gasteiger partial charge in [-0.3, -0.25) is 4.57 Å². The molecule has 1 heterocycles. The zero-order chi connectivity index (χ0) is 12.3. The average Bonchev–Trinajstić information content (AvgIpc) is 2.85. The summed E-state index contributed by atoms with van der Waals surface area (Å²) in [6.07, 6.45) is 4.47. The Kier molecular flexibility index (Phi) is 3.30. The topological polar surface area (TPSA) is 56.1 Å². The number of methoxy groups -OCH3 is 1. The summed E-state index contributed by atoms with van der Waals surface area (Å²) in [5.74, 6) is 0.621. The Morgan fingerprint density at radius 2 is 2.35 bits per heavy atom. The van der Waals surface area contributed by atoms with Gasteiger partial charge in [0, 0.05) is 18.5 Å². The van der Waals surface area contributed by atoms with Gasteiger partial charge in [0.2, 0.25) is 0 Å². The van der Waals surface area contributed by atoms with Crippen molar-refractivity contribution in [2.24, 2.45) is 0 Å². The van der Waals surface area contributed by atoms with Gasteiger partial charge in [0.15, 0.2) is 0 Å². The molecule has 2 rings (SSSR count). The van der Waals surface area contributed by atoms with Crippen LogP contribution in [0.1, 0.15) is 0 Å². The summed E-state index contributed by atoms with van der Waals surface area (Å²) in [5.41, 5.74) is 0.490. The van der Waals surface area contributed by atoms with Gasteiger partial charge in [-0.15, -0.1) is 0 Å². The van der Waals surface area contributed by atoms with Crippen molar-refractivity contribution < 1.29 is 9.53 Å². The zero-order valence-electron chi connectivity index (χ0n) is 9.05. The molecule has 2 aromatic rings. The van der Waals surface area contributed by atoms with Crippen LogP contribution in [0.3, 0.4) is 0 Å². The van der Waals surface area contributed by atoms with Crippen LogP contribution < -0.4 is 10.1 Å². The first kappa shape index (κ1) is 11.5. The molecular formula is C11H10ClN3O2. The molecule has 0 unspecified atom stereocenters. The lowest BCUT2D eigenvalue weighted by Crippen LogP contribution is -2.17. The lowest BCUT2D eigenvalue weighted by Gasteiger charge is -2.08. The number of imidazole rings is 1. The average molecular weight is 252 g/mol. The Balaban J connectivity index is 2.21. The maximum atomic E-state index is 11.7. The zero-order valence-corrected chi connectivity index (χ0v) is 9.81. The third kappa shape index (κ3) is 2.57. The first-order valence-corrected chi connectivity index (χ1v) is 5.21. The number of nitrogens with zero attached hydrogens (tertiary/aromatic N) is 2. The molecule has 0 spiro atoms. The van der Waals surface area contributed by atoms with Crippen molar-refractivity contribution >= 4 is 23.3 Å². The van der Waals surface area contributed by atoms with E-state index in [-0.39, 0.29) is 6.03 Å². The number of anilines is 1. The Morgan fingerprint density at radius 3 is 3.00 bits per heavy atom. The highest BCUT2D eigenvalue weighted by Crippen LogP contribution is 2.26. The van der Waals surface area contributed by atoms with Crippen molar-refractivity contribution in [1.82, 2.24) is 9.55 Å². The summed E-state index contributed by atoms with van der Waals surface area (Å²) in [7, 11) is 1.55. The molecule has 1 aromatic carbocycles. The normalized spacial score (nSPS) is 10.0. The van der Waals surface area contributed by atoms with Gasteiger partial charge in [0.25, 0.3) is 0 Å². The standard InChI is InChI=1S/C11H10ClN3O2/c1-17-8-2-3-9(12)10(6-8)14-11(16)15-5-4-13-7-15/h2-7H,1H3,(H,14,16). The largest absolute Gasteiger partial charge is 0.497 e. The first-order valence-electron chi connectivity index (χ1n) is 4.83. The highest BCUT2D eigenvalue weighted by molar-refractivity contribution is 6.33. The number of ether oxygens (including phenoxy) is 1. The Hall–Kier alpha value is -2.01. The molecule has 0 atom stereocenters. The molecule has 6 heteroatoms. The Bertz CT molecular complexity index is 526. The summed E-state index contributed by atoms with van der Waals surface area (Å²) in [6.45, 7) is 0. The van der Waals surface area contributed by atoms with E-state index in [0.29, 0.717) is 16.5 Å². The van der Waals surface area contributed by atoms with Crippen molar-refractivity contribution in [3.8, 4) is 5.75 Å². The quantitative estimate of drug-likeness (QED) is 0.893. The van der Waals surface area contributed by atoms with E-state index < -0.39 is 0 Å². The number of rotatable bonds is 2. The van der Waals surface area contributed by atoms with E-state index in [9.17, 15) is 4.79 Å². The van der Waals surface area contributed by atoms with Gasteiger partial charge in [-0.1, -0.05) is 11.6 Å². The van der Waals surface area contributed by atoms with Gasteiger partial charge in [-0.05, 0) is 12.1 Å². The molecule has 0 aliphatic heterocycles. The number of hydrogen-bond acceptors (Lipinski definition) is 3. The highest BCUT2D eigenvalue weighted by Gasteiger charge is 2.08. The van der Waals surface area contributed by atoms with E-state index in [1.54, 1.807) is 31.5 Å². The molecule has 1 amide bonds. The number of aromatic nitrogens is 2. The molecular weight excluding hydrogens is 242 g/mol. The predicted octanol–water partition coefficient (Wildman–Crippen LogP) is 2.63. The highest BCUT2D eigenvalue weighted by atomic mass is 35.5. The van der Waals surface area contributed by atoms with Crippen molar-refractivity contribution in [3.63, 3.8) is 0 Å². The number of benzene rings is 1. The van der Waals surface area contributed by atoms with E-state index in [2.05, 4.69) is 10.3 Å². The second kappa shape index (κ2) is 4.88. The third-order valence-corrected chi connectivity index (χ3v) is 2.48. The fourth-order valence-electron chi connectivity index (χ4n) is 1.29. The van der Waals surface area contributed by atoms with Crippen molar-refractivity contribution in [2.45, 2.75) is 0 Å². The van der Waals surface area contributed by atoms with Crippen molar-refractivity contribution in [3.05, 3.63) is 41.9 Å². The van der Waals surface area contributed by atoms with Gasteiger partial charge < -0.3 is 10.1 Å². The molecule has 0 aliphatic rings. The van der Waals surface area contributed by atoms with Crippen LogP contribution in [0, 0.1) is 0 Å². The summed E-state index contributed by atoms with van der Waals surface area (Å²) >= 11 is 5.96. The summed E-state index contributed by atoms with van der Waals surface area (Å²) in [5, 5.41) is 3.10. The van der Waals surface area contributed by atoms with E-state index in [4.69, 9.17) is 16.3 Å². The minimum absolute atomic E-state index is 0.336. The molecule has 0 saturated carbocycles. The van der Waals surface area contributed by atoms with E-state index >= 15 is 0 Å². The van der Waals surface area contributed by atoms with Crippen LogP contribution in [0.25, 0.3) is 0 Å². The van der Waals surface area contributed by atoms with Gasteiger partial charge in [0.1, 0.15) is 12.1 Å². The smallest absolute Gasteiger partial charge is 0.331 e. The van der Waals surface area contributed by atoms with Gasteiger partial charge >= 0.3 is 6.03 Å². The maximum absolute atomic E-state index is 11.7. The van der Waals surface area contributed by atoms with Crippen LogP contribution in [-0.4, -0.2) is 22.7 Å². The molecule has 0 saturated heterocycles. The van der Waals surface area contributed by atoms with Crippen LogP contribution in [0.2, 0.25) is 5.02 Å². The van der Waals surface area contributed by atoms with Gasteiger partial charge in [-0.25, -0.2) is 9.78 Å². The van der Waals surface area contributed by atoms with Crippen molar-refractivity contribution in [1.29, 1.82) is 0 Å². The molecule has 0 radical (unpaired) electrons. The molecule has 0 fully saturated rings. The third-order valence-electron chi connectivity index (χ3n) is 2.15. The number of amides is 1. The first-order chi connectivity index (χ1) is 8.20. The number of halogens is 1. The minimum Gasteiger partial charge on any atom is -0.497 e. The fraction of sp³-hybridized carbons (Fsp3) is 0.0909. The molecule has 1 aromatic heterocycles. The summed E-state index contributed by atoms with van der Waals surface area (Å²) in [4.78, 5) is 15.5. The maximum Gasteiger partial charge on any atom is 0.331 e. The lowest BCUT2D eigenvalue weighted by molar-refractivity contribution is 0.253. The Morgan fingerprint density at radius 1 is 1.53 bits per heavy atom. The summed E-state index contributed by atoms with van der Waals surface area (Å²) in [6, 6.07) is 4.69. The number of carbonyl (C=O) groups excluding carboxylic acids is 1. The molecule has 1 N–H and O–H groups in total. The molecule has 0 bridgehead atoms. The monoisotopic (exact) mass is 251 g/mol. The van der Waals surface area contributed by atoms with Gasteiger partial charge in [-0.2, -0.15) is 0 Å². The molecule has 0 aliphatic carbocycles. The fourth-order valence-corrected chi connectivity index (χ4v) is 1.45. The second-order valence-electron chi connectivity index (χ2n) is 3.25. The van der Waals surface area contributed by atoms with Crippen LogP contribution in [-0.2, 0) is 0 Å². The van der Waals surface area contributed by atoms with Gasteiger partial charge in [0.05, 0.1) is 17.8 Å². The summed E-state index contributed by atoms with van der Waals surface area (Å²) < 4.78 is 6.37. The number of nitrogens with one attached hydrogen (secondary N) is 1. The molecule has 5 nitrogen and oxygen atoms in total.